The summed E-state index contributed by atoms with van der Waals surface area (Å²) < 4.78 is 39.0. The molecule has 0 saturated heterocycles. The molecule has 112 valence electrons. The van der Waals surface area contributed by atoms with Gasteiger partial charge in [-0.3, -0.25) is 0 Å². The maximum absolute atomic E-state index is 13.0. The van der Waals surface area contributed by atoms with Crippen LogP contribution in [0, 0.1) is 5.92 Å². The van der Waals surface area contributed by atoms with E-state index in [9.17, 15) is 13.2 Å². The number of nitrogens with zero attached hydrogens (tertiary/aromatic N) is 1. The summed E-state index contributed by atoms with van der Waals surface area (Å²) >= 11 is 0. The third-order valence-electron chi connectivity index (χ3n) is 3.60. The van der Waals surface area contributed by atoms with E-state index in [1.807, 2.05) is 11.8 Å². The van der Waals surface area contributed by atoms with Crippen molar-refractivity contribution in [2.24, 2.45) is 5.92 Å². The van der Waals surface area contributed by atoms with E-state index in [2.05, 4.69) is 0 Å². The molecule has 0 heterocycles. The van der Waals surface area contributed by atoms with Crippen LogP contribution in [0.15, 0.2) is 18.2 Å². The molecule has 2 nitrogen and oxygen atoms in total. The molecule has 1 aliphatic rings. The van der Waals surface area contributed by atoms with Gasteiger partial charge in [-0.05, 0) is 42.9 Å². The Balaban J connectivity index is 2.29. The number of halogens is 3. The van der Waals surface area contributed by atoms with E-state index in [0.717, 1.165) is 19.5 Å². The largest absolute Gasteiger partial charge is 0.416 e. The maximum atomic E-state index is 13.0. The van der Waals surface area contributed by atoms with Gasteiger partial charge in [-0.2, -0.15) is 13.2 Å². The van der Waals surface area contributed by atoms with E-state index in [0.29, 0.717) is 11.6 Å². The average molecular weight is 287 g/mol. The number of benzene rings is 1. The van der Waals surface area contributed by atoms with Gasteiger partial charge in [0.1, 0.15) is 0 Å². The summed E-state index contributed by atoms with van der Waals surface area (Å²) in [7, 11) is 0. The zero-order valence-electron chi connectivity index (χ0n) is 11.6. The highest BCUT2D eigenvalue weighted by Crippen LogP contribution is 2.36. The second-order valence-corrected chi connectivity index (χ2v) is 5.39. The van der Waals surface area contributed by atoms with Gasteiger partial charge in [0, 0.05) is 18.8 Å². The molecule has 0 aromatic heterocycles. The molecule has 0 unspecified atom stereocenters. The second-order valence-electron chi connectivity index (χ2n) is 5.39. The van der Waals surface area contributed by atoms with Gasteiger partial charge in [0.2, 0.25) is 0 Å². The number of aliphatic hydroxyl groups is 1. The summed E-state index contributed by atoms with van der Waals surface area (Å²) in [5, 5.41) is 9.06. The Morgan fingerprint density at radius 2 is 2.00 bits per heavy atom. The minimum absolute atomic E-state index is 0.0656. The fraction of sp³-hybridized carbons (Fsp3) is 0.600. The van der Waals surface area contributed by atoms with Gasteiger partial charge in [-0.15, -0.1) is 0 Å². The lowest BCUT2D eigenvalue weighted by atomic mass is 10.1. The third-order valence-corrected chi connectivity index (χ3v) is 3.60. The van der Waals surface area contributed by atoms with Gasteiger partial charge in [-0.1, -0.05) is 13.0 Å². The van der Waals surface area contributed by atoms with E-state index in [1.54, 1.807) is 6.07 Å². The van der Waals surface area contributed by atoms with Crippen molar-refractivity contribution in [1.82, 2.24) is 0 Å². The van der Waals surface area contributed by atoms with Crippen molar-refractivity contribution >= 4 is 5.69 Å². The Morgan fingerprint density at radius 1 is 1.30 bits per heavy atom. The standard InChI is InChI=1S/C15H20F3NO/c1-2-7-19(9-11-3-4-11)13-6-5-12(10-20)14(8-13)15(16,17)18/h5-6,8,11,20H,2-4,7,9-10H2,1H3. The van der Waals surface area contributed by atoms with Gasteiger partial charge in [0.05, 0.1) is 12.2 Å². The molecule has 1 aliphatic carbocycles. The van der Waals surface area contributed by atoms with Gasteiger partial charge in [-0.25, -0.2) is 0 Å². The number of anilines is 1. The minimum Gasteiger partial charge on any atom is -0.392 e. The van der Waals surface area contributed by atoms with Crippen LogP contribution in [-0.4, -0.2) is 18.2 Å². The van der Waals surface area contributed by atoms with Crippen LogP contribution in [0.2, 0.25) is 0 Å². The van der Waals surface area contributed by atoms with Crippen molar-refractivity contribution < 1.29 is 18.3 Å². The smallest absolute Gasteiger partial charge is 0.392 e. The number of aliphatic hydroxyl groups excluding tert-OH is 1. The SMILES string of the molecule is CCCN(CC1CC1)c1ccc(CO)c(C(F)(F)F)c1. The summed E-state index contributed by atoms with van der Waals surface area (Å²) in [6.45, 7) is 3.01. The normalized spacial score (nSPS) is 15.4. The highest BCUT2D eigenvalue weighted by molar-refractivity contribution is 5.52. The predicted octanol–water partition coefficient (Wildman–Crippen LogP) is 3.82. The molecular weight excluding hydrogens is 267 g/mol. The van der Waals surface area contributed by atoms with Crippen LogP contribution in [0.5, 0.6) is 0 Å². The monoisotopic (exact) mass is 287 g/mol. The number of hydrogen-bond acceptors (Lipinski definition) is 2. The van der Waals surface area contributed by atoms with E-state index in [4.69, 9.17) is 5.11 Å². The Hall–Kier alpha value is -1.23. The molecular formula is C15H20F3NO. The van der Waals surface area contributed by atoms with Crippen molar-refractivity contribution in [2.45, 2.75) is 39.0 Å². The van der Waals surface area contributed by atoms with Crippen LogP contribution < -0.4 is 4.90 Å². The van der Waals surface area contributed by atoms with Crippen LogP contribution in [0.3, 0.4) is 0 Å². The molecule has 0 aliphatic heterocycles. The first kappa shape index (κ1) is 15.2. The molecule has 2 rings (SSSR count). The van der Waals surface area contributed by atoms with Gasteiger partial charge in [0.15, 0.2) is 0 Å². The molecule has 0 amide bonds. The molecule has 20 heavy (non-hydrogen) atoms. The number of hydrogen-bond donors (Lipinski definition) is 1. The first-order valence-electron chi connectivity index (χ1n) is 7.01. The van der Waals surface area contributed by atoms with E-state index in [1.165, 1.54) is 25.0 Å². The van der Waals surface area contributed by atoms with Crippen LogP contribution in [0.4, 0.5) is 18.9 Å². The Morgan fingerprint density at radius 3 is 2.50 bits per heavy atom. The topological polar surface area (TPSA) is 23.5 Å². The van der Waals surface area contributed by atoms with Crippen molar-refractivity contribution in [3.05, 3.63) is 29.3 Å². The van der Waals surface area contributed by atoms with Crippen molar-refractivity contribution in [3.8, 4) is 0 Å². The second kappa shape index (κ2) is 6.04. The molecule has 0 spiro atoms. The van der Waals surface area contributed by atoms with Crippen LogP contribution in [-0.2, 0) is 12.8 Å². The van der Waals surface area contributed by atoms with E-state index >= 15 is 0 Å². The van der Waals surface area contributed by atoms with Gasteiger partial charge in [0.25, 0.3) is 0 Å². The van der Waals surface area contributed by atoms with Crippen LogP contribution >= 0.6 is 0 Å². The molecule has 1 fully saturated rings. The summed E-state index contributed by atoms with van der Waals surface area (Å²) in [5.74, 6) is 0.619. The lowest BCUT2D eigenvalue weighted by molar-refractivity contribution is -0.138. The van der Waals surface area contributed by atoms with Crippen LogP contribution in [0.25, 0.3) is 0 Å². The Bertz CT molecular complexity index is 455. The molecule has 0 bridgehead atoms. The molecule has 1 saturated carbocycles. The number of rotatable bonds is 6. The highest BCUT2D eigenvalue weighted by atomic mass is 19.4. The first-order chi connectivity index (χ1) is 9.45. The summed E-state index contributed by atoms with van der Waals surface area (Å²) in [6.07, 6.45) is -1.19. The fourth-order valence-corrected chi connectivity index (χ4v) is 2.37. The third kappa shape index (κ3) is 3.66. The molecule has 5 heteroatoms. The molecule has 1 aromatic rings. The Kier molecular flexibility index (Phi) is 4.58. The summed E-state index contributed by atoms with van der Waals surface area (Å²) in [4.78, 5) is 2.02. The van der Waals surface area contributed by atoms with Crippen molar-refractivity contribution in [1.29, 1.82) is 0 Å². The predicted molar refractivity (Wildman–Crippen MR) is 72.6 cm³/mol. The average Bonchev–Trinajstić information content (AvgIpc) is 3.20. The molecule has 1 aromatic carbocycles. The van der Waals surface area contributed by atoms with Crippen LogP contribution in [0.1, 0.15) is 37.3 Å². The van der Waals surface area contributed by atoms with E-state index in [-0.39, 0.29) is 5.56 Å². The molecule has 1 N–H and O–H groups in total. The van der Waals surface area contributed by atoms with Crippen molar-refractivity contribution in [2.75, 3.05) is 18.0 Å². The highest BCUT2D eigenvalue weighted by Gasteiger charge is 2.34. The quantitative estimate of drug-likeness (QED) is 0.859. The zero-order chi connectivity index (χ0) is 14.8. The lowest BCUT2D eigenvalue weighted by Gasteiger charge is -2.26. The van der Waals surface area contributed by atoms with Gasteiger partial charge >= 0.3 is 6.18 Å². The Labute approximate surface area is 117 Å². The number of alkyl halides is 3. The fourth-order valence-electron chi connectivity index (χ4n) is 2.37. The minimum atomic E-state index is -4.43. The zero-order valence-corrected chi connectivity index (χ0v) is 11.6. The summed E-state index contributed by atoms with van der Waals surface area (Å²) in [5.41, 5.74) is -0.193. The maximum Gasteiger partial charge on any atom is 0.416 e. The summed E-state index contributed by atoms with van der Waals surface area (Å²) in [6, 6.07) is 4.23. The first-order valence-corrected chi connectivity index (χ1v) is 7.01. The van der Waals surface area contributed by atoms with Crippen molar-refractivity contribution in [3.63, 3.8) is 0 Å². The lowest BCUT2D eigenvalue weighted by Crippen LogP contribution is -2.27. The molecule has 0 atom stereocenters. The molecule has 0 radical (unpaired) electrons. The van der Waals surface area contributed by atoms with E-state index < -0.39 is 18.3 Å². The van der Waals surface area contributed by atoms with Gasteiger partial charge < -0.3 is 10.0 Å².